The molecule has 2 saturated carbocycles. The summed E-state index contributed by atoms with van der Waals surface area (Å²) >= 11 is 0. The van der Waals surface area contributed by atoms with Gasteiger partial charge in [-0.1, -0.05) is 38.5 Å². The van der Waals surface area contributed by atoms with Crippen molar-refractivity contribution in [3.05, 3.63) is 0 Å². The number of hydrogen-bond acceptors (Lipinski definition) is 3. The molecular weight excluding hydrogens is 248 g/mol. The van der Waals surface area contributed by atoms with Gasteiger partial charge in [-0.3, -0.25) is 4.90 Å². The highest BCUT2D eigenvalue weighted by atomic mass is 16.3. The van der Waals surface area contributed by atoms with E-state index in [1.807, 2.05) is 0 Å². The maximum Gasteiger partial charge on any atom is 0.0558 e. The van der Waals surface area contributed by atoms with Gasteiger partial charge in [-0.15, -0.1) is 0 Å². The van der Waals surface area contributed by atoms with Crippen molar-refractivity contribution in [2.45, 2.75) is 82.7 Å². The molecule has 0 aromatic heterocycles. The molecule has 118 valence electrons. The van der Waals surface area contributed by atoms with E-state index in [0.717, 1.165) is 31.7 Å². The summed E-state index contributed by atoms with van der Waals surface area (Å²) < 4.78 is 0. The molecule has 2 aliphatic carbocycles. The number of nitrogens with one attached hydrogen (secondary N) is 1. The predicted octanol–water partition coefficient (Wildman–Crippen LogP) is 2.93. The van der Waals surface area contributed by atoms with Crippen LogP contribution in [-0.4, -0.2) is 48.3 Å². The van der Waals surface area contributed by atoms with Crippen molar-refractivity contribution < 1.29 is 5.11 Å². The Kier molecular flexibility index (Phi) is 7.92. The Hall–Kier alpha value is -0.120. The lowest BCUT2D eigenvalue weighted by molar-refractivity contribution is 0.122. The smallest absolute Gasteiger partial charge is 0.0558 e. The van der Waals surface area contributed by atoms with Crippen molar-refractivity contribution in [2.24, 2.45) is 0 Å². The predicted molar refractivity (Wildman–Crippen MR) is 85.0 cm³/mol. The highest BCUT2D eigenvalue weighted by molar-refractivity contribution is 4.77. The molecule has 2 N–H and O–H groups in total. The first-order chi connectivity index (χ1) is 9.90. The van der Waals surface area contributed by atoms with Crippen LogP contribution in [0.25, 0.3) is 0 Å². The fraction of sp³-hybridized carbons (Fsp3) is 1.00. The fourth-order valence-electron chi connectivity index (χ4n) is 3.95. The van der Waals surface area contributed by atoms with Crippen molar-refractivity contribution in [3.8, 4) is 0 Å². The van der Waals surface area contributed by atoms with Gasteiger partial charge >= 0.3 is 0 Å². The molecule has 0 aromatic rings. The van der Waals surface area contributed by atoms with E-state index in [-0.39, 0.29) is 0 Å². The molecule has 0 spiro atoms. The van der Waals surface area contributed by atoms with E-state index in [2.05, 4.69) is 10.2 Å². The van der Waals surface area contributed by atoms with E-state index in [4.69, 9.17) is 0 Å². The minimum absolute atomic E-state index is 0.312. The topological polar surface area (TPSA) is 35.5 Å². The van der Waals surface area contributed by atoms with Crippen molar-refractivity contribution in [2.75, 3.05) is 26.2 Å². The Labute approximate surface area is 125 Å². The molecule has 2 rings (SSSR count). The molecule has 0 heterocycles. The van der Waals surface area contributed by atoms with E-state index in [1.54, 1.807) is 0 Å². The lowest BCUT2D eigenvalue weighted by Crippen LogP contribution is -2.41. The molecule has 20 heavy (non-hydrogen) atoms. The lowest BCUT2D eigenvalue weighted by atomic mass is 9.94. The molecule has 3 nitrogen and oxygen atoms in total. The SMILES string of the molecule is OCCN(CCCNC1CCCCC1)C1CCCCC1. The molecule has 0 radical (unpaired) electrons. The molecule has 0 bridgehead atoms. The molecule has 0 saturated heterocycles. The summed E-state index contributed by atoms with van der Waals surface area (Å²) in [4.78, 5) is 2.54. The Balaban J connectivity index is 1.60. The van der Waals surface area contributed by atoms with Gasteiger partial charge in [0, 0.05) is 18.6 Å². The van der Waals surface area contributed by atoms with Gasteiger partial charge in [0.05, 0.1) is 6.61 Å². The van der Waals surface area contributed by atoms with Crippen LogP contribution in [0.4, 0.5) is 0 Å². The molecule has 0 amide bonds. The van der Waals surface area contributed by atoms with E-state index < -0.39 is 0 Å². The summed E-state index contributed by atoms with van der Waals surface area (Å²) in [6.07, 6.45) is 15.1. The third-order valence-corrected chi connectivity index (χ3v) is 5.14. The molecule has 0 unspecified atom stereocenters. The quantitative estimate of drug-likeness (QED) is 0.672. The molecule has 0 atom stereocenters. The Bertz CT molecular complexity index is 235. The van der Waals surface area contributed by atoms with Gasteiger partial charge in [0.25, 0.3) is 0 Å². The summed E-state index contributed by atoms with van der Waals surface area (Å²) in [5, 5.41) is 13.0. The Morgan fingerprint density at radius 3 is 2.15 bits per heavy atom. The summed E-state index contributed by atoms with van der Waals surface area (Å²) in [5.41, 5.74) is 0. The molecule has 2 aliphatic rings. The molecular formula is C17H34N2O. The number of rotatable bonds is 8. The van der Waals surface area contributed by atoms with E-state index in [0.29, 0.717) is 6.61 Å². The van der Waals surface area contributed by atoms with E-state index in [9.17, 15) is 5.11 Å². The fourth-order valence-corrected chi connectivity index (χ4v) is 3.95. The zero-order chi connectivity index (χ0) is 14.0. The van der Waals surface area contributed by atoms with Gasteiger partial charge in [0.1, 0.15) is 0 Å². The zero-order valence-electron chi connectivity index (χ0n) is 13.2. The normalized spacial score (nSPS) is 22.5. The zero-order valence-corrected chi connectivity index (χ0v) is 13.2. The Morgan fingerprint density at radius 2 is 1.50 bits per heavy atom. The third kappa shape index (κ3) is 5.71. The second-order valence-corrected chi connectivity index (χ2v) is 6.69. The van der Waals surface area contributed by atoms with Crippen LogP contribution in [0.15, 0.2) is 0 Å². The van der Waals surface area contributed by atoms with E-state index >= 15 is 0 Å². The van der Waals surface area contributed by atoms with Crippen molar-refractivity contribution in [1.29, 1.82) is 0 Å². The van der Waals surface area contributed by atoms with Crippen LogP contribution in [0.1, 0.15) is 70.6 Å². The van der Waals surface area contributed by atoms with Crippen LogP contribution in [-0.2, 0) is 0 Å². The molecule has 3 heteroatoms. The van der Waals surface area contributed by atoms with Crippen molar-refractivity contribution in [1.82, 2.24) is 10.2 Å². The first-order valence-corrected chi connectivity index (χ1v) is 8.98. The van der Waals surface area contributed by atoms with Crippen LogP contribution < -0.4 is 5.32 Å². The van der Waals surface area contributed by atoms with Crippen LogP contribution >= 0.6 is 0 Å². The standard InChI is InChI=1S/C17H34N2O/c20-15-14-19(17-10-5-2-6-11-17)13-7-12-18-16-8-3-1-4-9-16/h16-18,20H,1-15H2. The highest BCUT2D eigenvalue weighted by Gasteiger charge is 2.20. The number of hydrogen-bond donors (Lipinski definition) is 2. The van der Waals surface area contributed by atoms with Gasteiger partial charge in [-0.25, -0.2) is 0 Å². The van der Waals surface area contributed by atoms with Crippen LogP contribution in [0.2, 0.25) is 0 Å². The van der Waals surface area contributed by atoms with Gasteiger partial charge in [-0.05, 0) is 45.2 Å². The summed E-state index contributed by atoms with van der Waals surface area (Å²) in [5.74, 6) is 0. The minimum atomic E-state index is 0.312. The first-order valence-electron chi connectivity index (χ1n) is 8.98. The van der Waals surface area contributed by atoms with Crippen LogP contribution in [0.3, 0.4) is 0 Å². The number of aliphatic hydroxyl groups excluding tert-OH is 1. The average Bonchev–Trinajstić information content (AvgIpc) is 2.52. The number of aliphatic hydroxyl groups is 1. The van der Waals surface area contributed by atoms with E-state index in [1.165, 1.54) is 70.6 Å². The minimum Gasteiger partial charge on any atom is -0.395 e. The molecule has 2 fully saturated rings. The largest absolute Gasteiger partial charge is 0.395 e. The monoisotopic (exact) mass is 282 g/mol. The van der Waals surface area contributed by atoms with Gasteiger partial charge in [0.2, 0.25) is 0 Å². The highest BCUT2D eigenvalue weighted by Crippen LogP contribution is 2.22. The van der Waals surface area contributed by atoms with Crippen molar-refractivity contribution in [3.63, 3.8) is 0 Å². The van der Waals surface area contributed by atoms with Crippen LogP contribution in [0.5, 0.6) is 0 Å². The maximum absolute atomic E-state index is 9.27. The van der Waals surface area contributed by atoms with Crippen LogP contribution in [0, 0.1) is 0 Å². The maximum atomic E-state index is 9.27. The summed E-state index contributed by atoms with van der Waals surface area (Å²) in [6, 6.07) is 1.52. The molecule has 0 aliphatic heterocycles. The summed E-state index contributed by atoms with van der Waals surface area (Å²) in [6.45, 7) is 3.49. The van der Waals surface area contributed by atoms with Gasteiger partial charge in [-0.2, -0.15) is 0 Å². The summed E-state index contributed by atoms with van der Waals surface area (Å²) in [7, 11) is 0. The lowest BCUT2D eigenvalue weighted by Gasteiger charge is -2.34. The first kappa shape index (κ1) is 16.3. The number of nitrogens with zero attached hydrogens (tertiary/aromatic N) is 1. The van der Waals surface area contributed by atoms with Crippen molar-refractivity contribution >= 4 is 0 Å². The van der Waals surface area contributed by atoms with Gasteiger partial charge in [0.15, 0.2) is 0 Å². The third-order valence-electron chi connectivity index (χ3n) is 5.14. The molecule has 0 aromatic carbocycles. The second kappa shape index (κ2) is 9.75. The second-order valence-electron chi connectivity index (χ2n) is 6.69. The Morgan fingerprint density at radius 1 is 0.850 bits per heavy atom. The van der Waals surface area contributed by atoms with Gasteiger partial charge < -0.3 is 10.4 Å². The average molecular weight is 282 g/mol.